The van der Waals surface area contributed by atoms with Crippen LogP contribution in [-0.4, -0.2) is 17.0 Å². The Hall–Kier alpha value is -3.80. The van der Waals surface area contributed by atoms with Crippen molar-refractivity contribution in [2.45, 2.75) is 38.2 Å². The maximum atomic E-state index is 12.8. The number of benzene rings is 3. The summed E-state index contributed by atoms with van der Waals surface area (Å²) in [6.45, 7) is 2.08. The Kier molecular flexibility index (Phi) is 4.85. The van der Waals surface area contributed by atoms with Crippen LogP contribution < -0.4 is 9.47 Å². The summed E-state index contributed by atoms with van der Waals surface area (Å²) < 4.78 is 17.6. The van der Waals surface area contributed by atoms with Gasteiger partial charge in [-0.3, -0.25) is 4.79 Å². The van der Waals surface area contributed by atoms with Crippen LogP contribution in [0, 0.1) is 0 Å². The van der Waals surface area contributed by atoms with Gasteiger partial charge in [0.2, 0.25) is 0 Å². The van der Waals surface area contributed by atoms with E-state index in [0.29, 0.717) is 45.9 Å². The van der Waals surface area contributed by atoms with E-state index in [0.717, 1.165) is 19.3 Å². The molecule has 1 N–H and O–H groups in total. The second-order valence-corrected chi connectivity index (χ2v) is 7.99. The van der Waals surface area contributed by atoms with E-state index < -0.39 is 11.6 Å². The van der Waals surface area contributed by atoms with Crippen molar-refractivity contribution in [3.8, 4) is 23.0 Å². The molecule has 6 nitrogen and oxygen atoms in total. The lowest BCUT2D eigenvalue weighted by atomic mass is 9.77. The number of phenolic OH excluding ortho intramolecular Hbond substituents is 1. The molecule has 0 saturated carbocycles. The molecule has 1 atom stereocenters. The largest absolute Gasteiger partial charge is 0.508 e. The number of carbonyl (C=O) groups excluding carboxylic acids is 2. The standard InChI is InChI=1S/C26H22O6/c1-2-3-4-9-24(28)30-17-11-13-21-23(15-17)31-22-14-16(27)10-12-20(22)26(21)19-8-6-5-7-18(19)25(29)32-26/h5-8,10-15,27H,2-4,9H2,1H3. The van der Waals surface area contributed by atoms with Gasteiger partial charge in [0.05, 0.1) is 5.56 Å². The average molecular weight is 430 g/mol. The van der Waals surface area contributed by atoms with E-state index >= 15 is 0 Å². The summed E-state index contributed by atoms with van der Waals surface area (Å²) in [5, 5.41) is 10.0. The summed E-state index contributed by atoms with van der Waals surface area (Å²) in [6.07, 6.45) is 3.11. The molecule has 5 rings (SSSR count). The maximum absolute atomic E-state index is 12.8. The number of unbranched alkanes of at least 4 members (excludes halogenated alkanes) is 2. The molecule has 0 fully saturated rings. The van der Waals surface area contributed by atoms with Gasteiger partial charge in [-0.2, -0.15) is 0 Å². The fourth-order valence-corrected chi connectivity index (χ4v) is 4.41. The smallest absolute Gasteiger partial charge is 0.340 e. The third-order valence-corrected chi connectivity index (χ3v) is 5.88. The van der Waals surface area contributed by atoms with Crippen molar-refractivity contribution < 1.29 is 28.9 Å². The van der Waals surface area contributed by atoms with E-state index in [1.54, 1.807) is 36.4 Å². The van der Waals surface area contributed by atoms with Gasteiger partial charge in [-0.1, -0.05) is 38.0 Å². The molecule has 162 valence electrons. The van der Waals surface area contributed by atoms with Gasteiger partial charge >= 0.3 is 11.9 Å². The van der Waals surface area contributed by atoms with Gasteiger partial charge in [0.1, 0.15) is 23.0 Å². The molecule has 2 aliphatic rings. The molecule has 0 saturated heterocycles. The zero-order valence-electron chi connectivity index (χ0n) is 17.6. The average Bonchev–Trinajstić information content (AvgIpc) is 3.07. The third kappa shape index (κ3) is 3.11. The quantitative estimate of drug-likeness (QED) is 0.329. The van der Waals surface area contributed by atoms with Crippen molar-refractivity contribution in [3.63, 3.8) is 0 Å². The van der Waals surface area contributed by atoms with Gasteiger partial charge < -0.3 is 19.3 Å². The number of carbonyl (C=O) groups is 2. The van der Waals surface area contributed by atoms with Gasteiger partial charge in [-0.15, -0.1) is 0 Å². The second kappa shape index (κ2) is 7.71. The topological polar surface area (TPSA) is 82.1 Å². The Bertz CT molecular complexity index is 1230. The van der Waals surface area contributed by atoms with Crippen LogP contribution >= 0.6 is 0 Å². The highest BCUT2D eigenvalue weighted by molar-refractivity contribution is 5.97. The summed E-state index contributed by atoms with van der Waals surface area (Å²) in [5.41, 5.74) is 1.20. The highest BCUT2D eigenvalue weighted by Gasteiger charge is 2.53. The molecule has 1 spiro atoms. The van der Waals surface area contributed by atoms with Crippen molar-refractivity contribution in [3.05, 3.63) is 82.9 Å². The number of aromatic hydroxyl groups is 1. The fraction of sp³-hybridized carbons (Fsp3) is 0.231. The number of phenols is 1. The molecule has 0 aliphatic carbocycles. The Morgan fingerprint density at radius 2 is 1.72 bits per heavy atom. The number of hydrogen-bond donors (Lipinski definition) is 1. The van der Waals surface area contributed by atoms with Crippen LogP contribution in [0.1, 0.15) is 59.7 Å². The zero-order chi connectivity index (χ0) is 22.3. The fourth-order valence-electron chi connectivity index (χ4n) is 4.41. The van der Waals surface area contributed by atoms with E-state index in [4.69, 9.17) is 14.2 Å². The molecule has 1 unspecified atom stereocenters. The monoisotopic (exact) mass is 430 g/mol. The van der Waals surface area contributed by atoms with Crippen LogP contribution in [0.3, 0.4) is 0 Å². The molecule has 3 aromatic carbocycles. The first-order valence-electron chi connectivity index (χ1n) is 10.7. The normalized spacial score (nSPS) is 17.7. The predicted molar refractivity (Wildman–Crippen MR) is 116 cm³/mol. The molecule has 3 aromatic rings. The molecule has 0 bridgehead atoms. The summed E-state index contributed by atoms with van der Waals surface area (Å²) in [6, 6.07) is 17.0. The molecule has 0 radical (unpaired) electrons. The van der Waals surface area contributed by atoms with Crippen LogP contribution in [0.5, 0.6) is 23.0 Å². The lowest BCUT2D eigenvalue weighted by Gasteiger charge is -2.36. The third-order valence-electron chi connectivity index (χ3n) is 5.88. The molecule has 0 aromatic heterocycles. The maximum Gasteiger partial charge on any atom is 0.340 e. The number of rotatable bonds is 5. The summed E-state index contributed by atoms with van der Waals surface area (Å²) in [5.74, 6) is 0.401. The molecular formula is C26H22O6. The Balaban J connectivity index is 1.60. The molecule has 6 heteroatoms. The summed E-state index contributed by atoms with van der Waals surface area (Å²) in [4.78, 5) is 25.0. The van der Waals surface area contributed by atoms with E-state index in [1.807, 2.05) is 12.1 Å². The minimum Gasteiger partial charge on any atom is -0.508 e. The lowest BCUT2D eigenvalue weighted by Crippen LogP contribution is -2.33. The van der Waals surface area contributed by atoms with Crippen LogP contribution in [0.4, 0.5) is 0 Å². The molecule has 32 heavy (non-hydrogen) atoms. The summed E-state index contributed by atoms with van der Waals surface area (Å²) >= 11 is 0. The molecule has 0 amide bonds. The number of hydrogen-bond acceptors (Lipinski definition) is 6. The van der Waals surface area contributed by atoms with Crippen molar-refractivity contribution >= 4 is 11.9 Å². The van der Waals surface area contributed by atoms with E-state index in [2.05, 4.69) is 6.92 Å². The van der Waals surface area contributed by atoms with Crippen molar-refractivity contribution in [1.29, 1.82) is 0 Å². The van der Waals surface area contributed by atoms with Gasteiger partial charge in [0, 0.05) is 35.2 Å². The van der Waals surface area contributed by atoms with Gasteiger partial charge in [-0.25, -0.2) is 4.79 Å². The molecular weight excluding hydrogens is 408 g/mol. The van der Waals surface area contributed by atoms with Gasteiger partial charge in [0.25, 0.3) is 0 Å². The van der Waals surface area contributed by atoms with Crippen LogP contribution in [0.2, 0.25) is 0 Å². The number of fused-ring (bicyclic) bond motifs is 6. The highest BCUT2D eigenvalue weighted by Crippen LogP contribution is 2.56. The van der Waals surface area contributed by atoms with Crippen molar-refractivity contribution in [1.82, 2.24) is 0 Å². The molecule has 2 aliphatic heterocycles. The Morgan fingerprint density at radius 1 is 0.969 bits per heavy atom. The van der Waals surface area contributed by atoms with Gasteiger partial charge in [0.15, 0.2) is 5.60 Å². The zero-order valence-corrected chi connectivity index (χ0v) is 17.6. The Morgan fingerprint density at radius 3 is 2.53 bits per heavy atom. The van der Waals surface area contributed by atoms with Crippen LogP contribution in [-0.2, 0) is 15.1 Å². The lowest BCUT2D eigenvalue weighted by molar-refractivity contribution is -0.134. The Labute approximate surface area is 185 Å². The number of esters is 2. The minimum absolute atomic E-state index is 0.0264. The highest BCUT2D eigenvalue weighted by atomic mass is 16.6. The van der Waals surface area contributed by atoms with E-state index in [1.165, 1.54) is 12.1 Å². The van der Waals surface area contributed by atoms with E-state index in [9.17, 15) is 14.7 Å². The van der Waals surface area contributed by atoms with Gasteiger partial charge in [-0.05, 0) is 36.8 Å². The summed E-state index contributed by atoms with van der Waals surface area (Å²) in [7, 11) is 0. The minimum atomic E-state index is -1.21. The first-order chi connectivity index (χ1) is 15.5. The number of ether oxygens (including phenoxy) is 3. The van der Waals surface area contributed by atoms with Crippen LogP contribution in [0.25, 0.3) is 0 Å². The van der Waals surface area contributed by atoms with E-state index in [-0.39, 0.29) is 11.7 Å². The first kappa shape index (κ1) is 20.1. The molecule has 2 heterocycles. The van der Waals surface area contributed by atoms with Crippen LogP contribution in [0.15, 0.2) is 60.7 Å². The second-order valence-electron chi connectivity index (χ2n) is 7.99. The SMILES string of the molecule is CCCCCC(=O)Oc1ccc2c(c1)Oc1cc(O)ccc1C21OC(=O)c2ccccc21. The predicted octanol–water partition coefficient (Wildman–Crippen LogP) is 5.45. The first-order valence-corrected chi connectivity index (χ1v) is 10.7. The van der Waals surface area contributed by atoms with Crippen molar-refractivity contribution in [2.75, 3.05) is 0 Å². The van der Waals surface area contributed by atoms with Crippen molar-refractivity contribution in [2.24, 2.45) is 0 Å².